The Kier molecular flexibility index (Phi) is 61.4. The van der Waals surface area contributed by atoms with Gasteiger partial charge in [0.25, 0.3) is 0 Å². The van der Waals surface area contributed by atoms with Crippen molar-refractivity contribution in [1.82, 2.24) is 5.32 Å². The third kappa shape index (κ3) is 59.4. The lowest BCUT2D eigenvalue weighted by molar-refractivity contribution is -0.143. The molecule has 0 rings (SSSR count). The highest BCUT2D eigenvalue weighted by Crippen LogP contribution is 2.18. The number of aliphatic hydroxyl groups is 2. The quantitative estimate of drug-likeness (QED) is 0.0320. The van der Waals surface area contributed by atoms with Gasteiger partial charge in [0.2, 0.25) is 5.91 Å². The second kappa shape index (κ2) is 62.9. The van der Waals surface area contributed by atoms with E-state index in [0.29, 0.717) is 25.9 Å². The number of allylic oxidation sites excluding steroid dienone is 4. The lowest BCUT2D eigenvalue weighted by atomic mass is 10.0. The van der Waals surface area contributed by atoms with Crippen LogP contribution < -0.4 is 5.32 Å². The molecule has 0 saturated heterocycles. The first kappa shape index (κ1) is 71.3. The molecular formula is C67H129NO5. The monoisotopic (exact) mass is 1030 g/mol. The second-order valence-electron chi connectivity index (χ2n) is 22.8. The van der Waals surface area contributed by atoms with E-state index in [2.05, 4.69) is 43.5 Å². The number of amides is 1. The van der Waals surface area contributed by atoms with Gasteiger partial charge < -0.3 is 20.3 Å². The average molecular weight is 1030 g/mol. The van der Waals surface area contributed by atoms with Crippen molar-refractivity contribution in [3.63, 3.8) is 0 Å². The molecule has 0 aliphatic rings. The van der Waals surface area contributed by atoms with Crippen LogP contribution in [0.4, 0.5) is 0 Å². The van der Waals surface area contributed by atoms with Crippen LogP contribution in [0.3, 0.4) is 0 Å². The van der Waals surface area contributed by atoms with E-state index in [1.807, 2.05) is 0 Å². The van der Waals surface area contributed by atoms with Crippen molar-refractivity contribution in [2.45, 2.75) is 379 Å². The van der Waals surface area contributed by atoms with E-state index in [0.717, 1.165) is 44.9 Å². The lowest BCUT2D eigenvalue weighted by Crippen LogP contribution is -2.45. The number of rotatable bonds is 62. The van der Waals surface area contributed by atoms with Crippen molar-refractivity contribution in [3.05, 3.63) is 24.3 Å². The molecule has 0 aromatic carbocycles. The summed E-state index contributed by atoms with van der Waals surface area (Å²) in [6.45, 7) is 4.96. The molecule has 3 N–H and O–H groups in total. The first-order valence-electron chi connectivity index (χ1n) is 33.1. The number of carbonyl (C=O) groups excluding carboxylic acids is 2. The van der Waals surface area contributed by atoms with Crippen LogP contribution in [0.1, 0.15) is 367 Å². The third-order valence-electron chi connectivity index (χ3n) is 15.5. The van der Waals surface area contributed by atoms with Gasteiger partial charge in [-0.15, -0.1) is 0 Å². The number of unbranched alkanes of at least 4 members (excludes halogenated alkanes) is 47. The minimum atomic E-state index is -0.661. The summed E-state index contributed by atoms with van der Waals surface area (Å²) in [4.78, 5) is 24.5. The van der Waals surface area contributed by atoms with Gasteiger partial charge in [-0.3, -0.25) is 9.59 Å². The van der Waals surface area contributed by atoms with Gasteiger partial charge in [-0.2, -0.15) is 0 Å². The summed E-state index contributed by atoms with van der Waals surface area (Å²) in [5, 5.41) is 23.2. The molecule has 432 valence electrons. The Labute approximate surface area is 456 Å². The fraction of sp³-hybridized carbons (Fsp3) is 0.910. The highest BCUT2D eigenvalue weighted by atomic mass is 16.5. The Morgan fingerprint density at radius 2 is 0.644 bits per heavy atom. The normalized spacial score (nSPS) is 12.7. The average Bonchev–Trinajstić information content (AvgIpc) is 3.39. The van der Waals surface area contributed by atoms with Gasteiger partial charge in [-0.25, -0.2) is 0 Å². The van der Waals surface area contributed by atoms with Crippen LogP contribution in [0.2, 0.25) is 0 Å². The zero-order chi connectivity index (χ0) is 52.9. The van der Waals surface area contributed by atoms with Gasteiger partial charge in [0, 0.05) is 12.8 Å². The number of ether oxygens (including phenoxy) is 1. The van der Waals surface area contributed by atoms with Crippen LogP contribution in [0.15, 0.2) is 24.3 Å². The maximum Gasteiger partial charge on any atom is 0.305 e. The second-order valence-corrected chi connectivity index (χ2v) is 22.8. The summed E-state index contributed by atoms with van der Waals surface area (Å²) in [7, 11) is 0. The van der Waals surface area contributed by atoms with Crippen LogP contribution in [-0.2, 0) is 14.3 Å². The first-order valence-corrected chi connectivity index (χ1v) is 33.1. The van der Waals surface area contributed by atoms with E-state index < -0.39 is 12.1 Å². The van der Waals surface area contributed by atoms with E-state index in [9.17, 15) is 19.8 Å². The maximum absolute atomic E-state index is 12.5. The Balaban J connectivity index is 3.34. The van der Waals surface area contributed by atoms with Crippen LogP contribution in [-0.4, -0.2) is 47.4 Å². The van der Waals surface area contributed by atoms with E-state index >= 15 is 0 Å². The zero-order valence-electron chi connectivity index (χ0n) is 49.4. The van der Waals surface area contributed by atoms with Gasteiger partial charge in [-0.05, 0) is 77.0 Å². The Hall–Kier alpha value is -1.66. The van der Waals surface area contributed by atoms with Crippen molar-refractivity contribution in [2.75, 3.05) is 13.2 Å². The molecule has 0 aliphatic heterocycles. The third-order valence-corrected chi connectivity index (χ3v) is 15.5. The predicted octanol–water partition coefficient (Wildman–Crippen LogP) is 21.0. The number of hydrogen-bond donors (Lipinski definition) is 3. The summed E-state index contributed by atoms with van der Waals surface area (Å²) in [6, 6.07) is -0.538. The largest absolute Gasteiger partial charge is 0.466 e. The molecule has 73 heavy (non-hydrogen) atoms. The summed E-state index contributed by atoms with van der Waals surface area (Å²) in [5.74, 6) is -0.0235. The molecule has 6 heteroatoms. The van der Waals surface area contributed by atoms with Crippen molar-refractivity contribution >= 4 is 11.9 Å². The summed E-state index contributed by atoms with van der Waals surface area (Å²) >= 11 is 0. The summed E-state index contributed by atoms with van der Waals surface area (Å²) < 4.78 is 5.49. The summed E-state index contributed by atoms with van der Waals surface area (Å²) in [5.41, 5.74) is 0. The van der Waals surface area contributed by atoms with Gasteiger partial charge >= 0.3 is 5.97 Å². The Morgan fingerprint density at radius 3 is 0.973 bits per heavy atom. The molecule has 1 amide bonds. The van der Waals surface area contributed by atoms with Crippen LogP contribution in [0.25, 0.3) is 0 Å². The smallest absolute Gasteiger partial charge is 0.305 e. The van der Waals surface area contributed by atoms with Crippen molar-refractivity contribution in [2.24, 2.45) is 0 Å². The lowest BCUT2D eigenvalue weighted by Gasteiger charge is -2.22. The van der Waals surface area contributed by atoms with Crippen LogP contribution in [0.5, 0.6) is 0 Å². The molecule has 0 spiro atoms. The van der Waals surface area contributed by atoms with Gasteiger partial charge in [0.05, 0.1) is 25.4 Å². The molecule has 0 heterocycles. The minimum Gasteiger partial charge on any atom is -0.466 e. The molecule has 0 saturated carbocycles. The number of nitrogens with one attached hydrogen (secondary N) is 1. The first-order chi connectivity index (χ1) is 36.0. The molecule has 0 fully saturated rings. The van der Waals surface area contributed by atoms with E-state index in [4.69, 9.17) is 4.74 Å². The molecule has 0 bridgehead atoms. The molecule has 2 unspecified atom stereocenters. The maximum atomic E-state index is 12.5. The molecule has 0 aromatic rings. The van der Waals surface area contributed by atoms with Crippen LogP contribution in [0, 0.1) is 0 Å². The van der Waals surface area contributed by atoms with E-state index in [1.165, 1.54) is 289 Å². The Morgan fingerprint density at radius 1 is 0.370 bits per heavy atom. The van der Waals surface area contributed by atoms with Gasteiger partial charge in [0.15, 0.2) is 0 Å². The highest BCUT2D eigenvalue weighted by Gasteiger charge is 2.20. The van der Waals surface area contributed by atoms with Gasteiger partial charge in [0.1, 0.15) is 0 Å². The molecule has 2 atom stereocenters. The number of aliphatic hydroxyl groups excluding tert-OH is 2. The summed E-state index contributed by atoms with van der Waals surface area (Å²) in [6.07, 6.45) is 77.9. The molecule has 0 aliphatic carbocycles. The molecule has 6 nitrogen and oxygen atoms in total. The molecule has 0 radical (unpaired) electrons. The van der Waals surface area contributed by atoms with E-state index in [-0.39, 0.29) is 18.5 Å². The standard InChI is InChI=1S/C67H129NO5/c1-3-5-7-9-11-13-15-16-33-37-41-45-49-53-57-61-67(72)73-62-58-54-50-46-42-38-35-32-30-28-26-24-22-20-18-17-19-21-23-25-27-29-31-34-36-40-44-48-52-56-60-66(71)68-64(63-69)65(70)59-55-51-47-43-39-14-12-10-8-6-4-2/h16,18,20,33,64-65,69-70H,3-15,17,19,21-32,34-63H2,1-2H3,(H,68,71)/b20-18-,33-16-. The van der Waals surface area contributed by atoms with Gasteiger partial charge in [-0.1, -0.05) is 301 Å². The van der Waals surface area contributed by atoms with Crippen LogP contribution >= 0.6 is 0 Å². The van der Waals surface area contributed by atoms with Crippen molar-refractivity contribution in [3.8, 4) is 0 Å². The predicted molar refractivity (Wildman–Crippen MR) is 320 cm³/mol. The Bertz CT molecular complexity index is 1140. The number of hydrogen-bond acceptors (Lipinski definition) is 5. The van der Waals surface area contributed by atoms with E-state index in [1.54, 1.807) is 0 Å². The molecular weight excluding hydrogens is 899 g/mol. The number of carbonyl (C=O) groups is 2. The van der Waals surface area contributed by atoms with Crippen molar-refractivity contribution < 1.29 is 24.5 Å². The SMILES string of the molecule is CCCCCCCC/C=C\CCCCCCCC(=O)OCCCCCCCCCCCCCC/C=C\CCCCCCCCCCCCCCCCC(=O)NC(CO)C(O)CCCCCCCCCCCCC. The minimum absolute atomic E-state index is 0.00952. The number of esters is 1. The zero-order valence-corrected chi connectivity index (χ0v) is 49.4. The highest BCUT2D eigenvalue weighted by molar-refractivity contribution is 5.76. The fourth-order valence-electron chi connectivity index (χ4n) is 10.4. The fourth-order valence-corrected chi connectivity index (χ4v) is 10.4. The molecule has 0 aromatic heterocycles. The topological polar surface area (TPSA) is 95.9 Å². The van der Waals surface area contributed by atoms with Crippen molar-refractivity contribution in [1.29, 1.82) is 0 Å².